The molecule has 0 radical (unpaired) electrons. The fourth-order valence-corrected chi connectivity index (χ4v) is 3.31. The van der Waals surface area contributed by atoms with Gasteiger partial charge in [0.15, 0.2) is 23.1 Å². The number of benzene rings is 2. The highest BCUT2D eigenvalue weighted by Gasteiger charge is 2.16. The lowest BCUT2D eigenvalue weighted by Gasteiger charge is -2.11. The Morgan fingerprint density at radius 3 is 2.16 bits per heavy atom. The van der Waals surface area contributed by atoms with Crippen LogP contribution in [0.25, 0.3) is 0 Å². The molecule has 2 rings (SSSR count). The van der Waals surface area contributed by atoms with E-state index >= 15 is 0 Å². The molecule has 2 aromatic carbocycles. The van der Waals surface area contributed by atoms with Crippen molar-refractivity contribution in [2.75, 3.05) is 27.9 Å². The third-order valence-corrected chi connectivity index (χ3v) is 5.05. The molecule has 136 valence electrons. The van der Waals surface area contributed by atoms with Gasteiger partial charge in [-0.25, -0.2) is 17.5 Å². The molecule has 0 saturated heterocycles. The van der Waals surface area contributed by atoms with Crippen molar-refractivity contribution in [1.82, 2.24) is 4.72 Å². The van der Waals surface area contributed by atoms with E-state index in [1.54, 1.807) is 19.2 Å². The molecule has 8 heteroatoms. The lowest BCUT2D eigenvalue weighted by molar-refractivity contribution is 0.354. The Balaban J connectivity index is 2.04. The van der Waals surface area contributed by atoms with E-state index in [1.165, 1.54) is 26.4 Å². The summed E-state index contributed by atoms with van der Waals surface area (Å²) in [4.78, 5) is -0.155. The summed E-state index contributed by atoms with van der Waals surface area (Å²) in [6.07, 6.45) is 0.443. The van der Waals surface area contributed by atoms with Gasteiger partial charge in [-0.1, -0.05) is 6.07 Å². The molecule has 1 N–H and O–H groups in total. The smallest absolute Gasteiger partial charge is 0.240 e. The summed E-state index contributed by atoms with van der Waals surface area (Å²) in [5.74, 6) is 0.426. The minimum atomic E-state index is -3.81. The minimum absolute atomic E-state index is 0.00993. The molecule has 0 heterocycles. The average Bonchev–Trinajstić information content (AvgIpc) is 2.61. The molecule has 6 nitrogen and oxygen atoms in total. The van der Waals surface area contributed by atoms with E-state index < -0.39 is 15.8 Å². The normalized spacial score (nSPS) is 11.2. The first-order valence-electron chi connectivity index (χ1n) is 7.45. The van der Waals surface area contributed by atoms with Gasteiger partial charge in [0.05, 0.1) is 26.2 Å². The van der Waals surface area contributed by atoms with Gasteiger partial charge >= 0.3 is 0 Å². The van der Waals surface area contributed by atoms with Crippen LogP contribution in [0.3, 0.4) is 0 Å². The Morgan fingerprint density at radius 1 is 0.920 bits per heavy atom. The molecule has 0 aliphatic rings. The molecular formula is C17H20FNO5S. The second-order valence-electron chi connectivity index (χ2n) is 5.13. The molecule has 0 bridgehead atoms. The Labute approximate surface area is 146 Å². The van der Waals surface area contributed by atoms with Gasteiger partial charge in [-0.05, 0) is 42.3 Å². The molecule has 0 saturated carbocycles. The van der Waals surface area contributed by atoms with Crippen LogP contribution in [-0.4, -0.2) is 36.3 Å². The van der Waals surface area contributed by atoms with Gasteiger partial charge in [0, 0.05) is 6.54 Å². The minimum Gasteiger partial charge on any atom is -0.494 e. The zero-order valence-corrected chi connectivity index (χ0v) is 15.0. The molecule has 0 atom stereocenters. The molecule has 2 aromatic rings. The highest BCUT2D eigenvalue weighted by Crippen LogP contribution is 2.27. The molecule has 0 unspecified atom stereocenters. The quantitative estimate of drug-likeness (QED) is 0.773. The van der Waals surface area contributed by atoms with Crippen LogP contribution in [0.4, 0.5) is 4.39 Å². The van der Waals surface area contributed by atoms with E-state index in [9.17, 15) is 12.8 Å². The highest BCUT2D eigenvalue weighted by atomic mass is 32.2. The maximum absolute atomic E-state index is 13.7. The van der Waals surface area contributed by atoms with Crippen molar-refractivity contribution < 1.29 is 27.0 Å². The number of rotatable bonds is 8. The number of hydrogen-bond acceptors (Lipinski definition) is 5. The second-order valence-corrected chi connectivity index (χ2v) is 6.90. The molecular weight excluding hydrogens is 349 g/mol. The van der Waals surface area contributed by atoms with Crippen molar-refractivity contribution in [3.8, 4) is 17.2 Å². The van der Waals surface area contributed by atoms with Crippen molar-refractivity contribution in [1.29, 1.82) is 0 Å². The first-order chi connectivity index (χ1) is 11.9. The topological polar surface area (TPSA) is 73.9 Å². The summed E-state index contributed by atoms with van der Waals surface area (Å²) in [6, 6.07) is 8.85. The highest BCUT2D eigenvalue weighted by molar-refractivity contribution is 7.89. The van der Waals surface area contributed by atoms with Crippen LogP contribution in [-0.2, 0) is 16.4 Å². The number of halogens is 1. The average molecular weight is 369 g/mol. The van der Waals surface area contributed by atoms with Gasteiger partial charge in [-0.15, -0.1) is 0 Å². The predicted octanol–water partition coefficient (Wildman–Crippen LogP) is 2.37. The van der Waals surface area contributed by atoms with Gasteiger partial charge in [0.1, 0.15) is 0 Å². The van der Waals surface area contributed by atoms with Crippen LogP contribution in [0.1, 0.15) is 5.56 Å². The van der Waals surface area contributed by atoms with E-state index in [1.807, 2.05) is 6.07 Å². The fourth-order valence-electron chi connectivity index (χ4n) is 2.26. The van der Waals surface area contributed by atoms with Crippen molar-refractivity contribution in [3.05, 3.63) is 47.8 Å². The SMILES string of the molecule is COc1ccc(S(=O)(=O)NCCc2ccc(OC)c(OC)c2)cc1F. The third kappa shape index (κ3) is 4.61. The molecule has 0 spiro atoms. The summed E-state index contributed by atoms with van der Waals surface area (Å²) in [5.41, 5.74) is 0.876. The van der Waals surface area contributed by atoms with E-state index in [2.05, 4.69) is 4.72 Å². The Kier molecular flexibility index (Phi) is 6.22. The predicted molar refractivity (Wildman–Crippen MR) is 91.4 cm³/mol. The summed E-state index contributed by atoms with van der Waals surface area (Å²) < 4.78 is 55.7. The number of methoxy groups -OCH3 is 3. The van der Waals surface area contributed by atoms with Crippen LogP contribution in [0.5, 0.6) is 17.2 Å². The molecule has 25 heavy (non-hydrogen) atoms. The van der Waals surface area contributed by atoms with Crippen LogP contribution in [0.15, 0.2) is 41.3 Å². The number of sulfonamides is 1. The number of nitrogens with one attached hydrogen (secondary N) is 1. The van der Waals surface area contributed by atoms with Crippen LogP contribution in [0.2, 0.25) is 0 Å². The van der Waals surface area contributed by atoms with Gasteiger partial charge < -0.3 is 14.2 Å². The fraction of sp³-hybridized carbons (Fsp3) is 0.294. The van der Waals surface area contributed by atoms with Gasteiger partial charge in [-0.3, -0.25) is 0 Å². The largest absolute Gasteiger partial charge is 0.494 e. The summed E-state index contributed by atoms with van der Waals surface area (Å²) >= 11 is 0. The molecule has 0 aromatic heterocycles. The maximum atomic E-state index is 13.7. The summed E-state index contributed by atoms with van der Waals surface area (Å²) in [7, 11) is 0.577. The van der Waals surface area contributed by atoms with Gasteiger partial charge in [-0.2, -0.15) is 0 Å². The Bertz CT molecular complexity index is 839. The van der Waals surface area contributed by atoms with Crippen LogP contribution >= 0.6 is 0 Å². The van der Waals surface area contributed by atoms with Gasteiger partial charge in [0.2, 0.25) is 10.0 Å². The van der Waals surface area contributed by atoms with Crippen molar-refractivity contribution >= 4 is 10.0 Å². The van der Waals surface area contributed by atoms with Crippen molar-refractivity contribution in [3.63, 3.8) is 0 Å². The monoisotopic (exact) mass is 369 g/mol. The third-order valence-electron chi connectivity index (χ3n) is 3.59. The second kappa shape index (κ2) is 8.17. The van der Waals surface area contributed by atoms with Crippen LogP contribution in [0, 0.1) is 5.82 Å². The van der Waals surface area contributed by atoms with Crippen molar-refractivity contribution in [2.45, 2.75) is 11.3 Å². The summed E-state index contributed by atoms with van der Waals surface area (Å²) in [6.45, 7) is 0.158. The summed E-state index contributed by atoms with van der Waals surface area (Å²) in [5, 5.41) is 0. The molecule has 0 aliphatic heterocycles. The van der Waals surface area contributed by atoms with E-state index in [0.29, 0.717) is 17.9 Å². The molecule has 0 fully saturated rings. The molecule has 0 aliphatic carbocycles. The van der Waals surface area contributed by atoms with Crippen molar-refractivity contribution in [2.24, 2.45) is 0 Å². The lowest BCUT2D eigenvalue weighted by Crippen LogP contribution is -2.26. The van der Waals surface area contributed by atoms with E-state index in [4.69, 9.17) is 14.2 Å². The first-order valence-corrected chi connectivity index (χ1v) is 8.93. The zero-order valence-electron chi connectivity index (χ0n) is 14.2. The Hall–Kier alpha value is -2.32. The first kappa shape index (κ1) is 19.0. The van der Waals surface area contributed by atoms with E-state index in [0.717, 1.165) is 11.6 Å². The number of ether oxygens (including phenoxy) is 3. The standard InChI is InChI=1S/C17H20FNO5S/c1-22-15-7-5-13(11-14(15)18)25(20,21)19-9-8-12-4-6-16(23-2)17(10-12)24-3/h4-7,10-11,19H,8-9H2,1-3H3. The van der Waals surface area contributed by atoms with Crippen LogP contribution < -0.4 is 18.9 Å². The maximum Gasteiger partial charge on any atom is 0.240 e. The number of hydrogen-bond donors (Lipinski definition) is 1. The molecule has 0 amide bonds. The van der Waals surface area contributed by atoms with Gasteiger partial charge in [0.25, 0.3) is 0 Å². The zero-order chi connectivity index (χ0) is 18.4. The Morgan fingerprint density at radius 2 is 1.56 bits per heavy atom. The van der Waals surface area contributed by atoms with E-state index in [-0.39, 0.29) is 17.2 Å². The lowest BCUT2D eigenvalue weighted by atomic mass is 10.1.